The lowest BCUT2D eigenvalue weighted by Gasteiger charge is -2.30. The van der Waals surface area contributed by atoms with Crippen LogP contribution in [0.3, 0.4) is 0 Å². The molecule has 0 aliphatic carbocycles. The van der Waals surface area contributed by atoms with Gasteiger partial charge in [-0.15, -0.1) is 0 Å². The highest BCUT2D eigenvalue weighted by atomic mass is 32.2. The van der Waals surface area contributed by atoms with E-state index in [1.165, 1.54) is 11.2 Å². The molecule has 24 heavy (non-hydrogen) atoms. The Morgan fingerprint density at radius 2 is 1.92 bits per heavy atom. The summed E-state index contributed by atoms with van der Waals surface area (Å²) in [5.41, 5.74) is 2.01. The van der Waals surface area contributed by atoms with Crippen LogP contribution in [0.25, 0.3) is 0 Å². The first-order chi connectivity index (χ1) is 11.4. The predicted molar refractivity (Wildman–Crippen MR) is 88.3 cm³/mol. The van der Waals surface area contributed by atoms with Gasteiger partial charge in [0.2, 0.25) is 15.9 Å². The molecule has 1 saturated heterocycles. The molecule has 0 saturated carbocycles. The van der Waals surface area contributed by atoms with Crippen molar-refractivity contribution in [1.29, 1.82) is 5.26 Å². The van der Waals surface area contributed by atoms with Crippen molar-refractivity contribution in [3.05, 3.63) is 29.3 Å². The highest BCUT2D eigenvalue weighted by molar-refractivity contribution is 7.89. The lowest BCUT2D eigenvalue weighted by atomic mass is 10.00. The first kappa shape index (κ1) is 16.9. The number of benzene rings is 1. The fourth-order valence-electron chi connectivity index (χ4n) is 3.34. The molecule has 2 heterocycles. The number of sulfonamides is 1. The minimum absolute atomic E-state index is 0.00693. The standard InChI is InChI=1S/C17H21N3O3S/c1-13(21)19-7-6-15-2-3-17(10-16(15)12-19)24(22,23)20-8-4-14(11-18)5-9-20/h2-3,10,14H,4-9,12H2,1H3. The molecule has 0 N–H and O–H groups in total. The summed E-state index contributed by atoms with van der Waals surface area (Å²) in [7, 11) is -3.54. The molecule has 6 nitrogen and oxygen atoms in total. The van der Waals surface area contributed by atoms with Crippen LogP contribution in [0.2, 0.25) is 0 Å². The lowest BCUT2D eigenvalue weighted by molar-refractivity contribution is -0.129. The van der Waals surface area contributed by atoms with E-state index in [9.17, 15) is 13.2 Å². The van der Waals surface area contributed by atoms with Gasteiger partial charge < -0.3 is 4.90 Å². The van der Waals surface area contributed by atoms with Gasteiger partial charge in [-0.3, -0.25) is 4.79 Å². The summed E-state index contributed by atoms with van der Waals surface area (Å²) in [5.74, 6) is -0.0448. The fourth-order valence-corrected chi connectivity index (χ4v) is 4.86. The monoisotopic (exact) mass is 347 g/mol. The number of piperidine rings is 1. The van der Waals surface area contributed by atoms with E-state index in [4.69, 9.17) is 5.26 Å². The quantitative estimate of drug-likeness (QED) is 0.812. The maximum atomic E-state index is 12.8. The first-order valence-electron chi connectivity index (χ1n) is 8.19. The number of rotatable bonds is 2. The fraction of sp³-hybridized carbons (Fsp3) is 0.529. The topological polar surface area (TPSA) is 81.5 Å². The van der Waals surface area contributed by atoms with Crippen molar-refractivity contribution in [2.45, 2.75) is 37.6 Å². The molecular formula is C17H21N3O3S. The predicted octanol–water partition coefficient (Wildman–Crippen LogP) is 1.52. The van der Waals surface area contributed by atoms with Gasteiger partial charge in [0, 0.05) is 39.0 Å². The Morgan fingerprint density at radius 1 is 1.21 bits per heavy atom. The third kappa shape index (κ3) is 3.17. The first-order valence-corrected chi connectivity index (χ1v) is 9.63. The Labute approximate surface area is 142 Å². The van der Waals surface area contributed by atoms with E-state index in [-0.39, 0.29) is 16.7 Å². The minimum atomic E-state index is -3.54. The molecule has 2 aliphatic heterocycles. The molecule has 0 atom stereocenters. The van der Waals surface area contributed by atoms with Crippen molar-refractivity contribution in [1.82, 2.24) is 9.21 Å². The Morgan fingerprint density at radius 3 is 2.54 bits per heavy atom. The number of hydrogen-bond donors (Lipinski definition) is 0. The molecule has 0 unspecified atom stereocenters. The zero-order valence-electron chi connectivity index (χ0n) is 13.7. The molecule has 2 aliphatic rings. The Balaban J connectivity index is 1.84. The summed E-state index contributed by atoms with van der Waals surface area (Å²) in [6.45, 7) is 3.44. The van der Waals surface area contributed by atoms with E-state index in [0.717, 1.165) is 17.5 Å². The minimum Gasteiger partial charge on any atom is -0.338 e. The number of carbonyl (C=O) groups excluding carboxylic acids is 1. The summed E-state index contributed by atoms with van der Waals surface area (Å²) >= 11 is 0. The van der Waals surface area contributed by atoms with Gasteiger partial charge >= 0.3 is 0 Å². The molecule has 1 fully saturated rings. The number of nitriles is 1. The van der Waals surface area contributed by atoms with Crippen molar-refractivity contribution in [2.75, 3.05) is 19.6 Å². The summed E-state index contributed by atoms with van der Waals surface area (Å²) in [6.07, 6.45) is 1.92. The van der Waals surface area contributed by atoms with Crippen LogP contribution in [0.1, 0.15) is 30.9 Å². The molecule has 0 spiro atoms. The molecule has 3 rings (SSSR count). The van der Waals surface area contributed by atoms with Gasteiger partial charge in [-0.05, 0) is 42.5 Å². The van der Waals surface area contributed by atoms with Crippen LogP contribution < -0.4 is 0 Å². The lowest BCUT2D eigenvalue weighted by Crippen LogP contribution is -2.38. The van der Waals surface area contributed by atoms with E-state index in [1.807, 2.05) is 6.07 Å². The van der Waals surface area contributed by atoms with E-state index in [2.05, 4.69) is 6.07 Å². The number of fused-ring (bicyclic) bond motifs is 1. The molecule has 0 aromatic heterocycles. The van der Waals surface area contributed by atoms with Crippen molar-refractivity contribution in [3.8, 4) is 6.07 Å². The van der Waals surface area contributed by atoms with Crippen LogP contribution in [-0.2, 0) is 27.8 Å². The largest absolute Gasteiger partial charge is 0.338 e. The van der Waals surface area contributed by atoms with Crippen molar-refractivity contribution in [2.24, 2.45) is 5.92 Å². The van der Waals surface area contributed by atoms with E-state index >= 15 is 0 Å². The van der Waals surface area contributed by atoms with Gasteiger partial charge in [0.05, 0.1) is 11.0 Å². The van der Waals surface area contributed by atoms with Gasteiger partial charge in [-0.25, -0.2) is 8.42 Å². The molecule has 7 heteroatoms. The smallest absolute Gasteiger partial charge is 0.243 e. The molecule has 0 bridgehead atoms. The van der Waals surface area contributed by atoms with Gasteiger partial charge in [0.15, 0.2) is 0 Å². The maximum Gasteiger partial charge on any atom is 0.243 e. The maximum absolute atomic E-state index is 12.8. The second-order valence-electron chi connectivity index (χ2n) is 6.43. The molecule has 1 aromatic rings. The summed E-state index contributed by atoms with van der Waals surface area (Å²) in [4.78, 5) is 13.6. The second kappa shape index (κ2) is 6.54. The number of carbonyl (C=O) groups is 1. The highest BCUT2D eigenvalue weighted by Gasteiger charge is 2.30. The van der Waals surface area contributed by atoms with Gasteiger partial charge in [-0.2, -0.15) is 9.57 Å². The average molecular weight is 347 g/mol. The number of hydrogen-bond acceptors (Lipinski definition) is 4. The number of amides is 1. The van der Waals surface area contributed by atoms with E-state index < -0.39 is 10.0 Å². The second-order valence-corrected chi connectivity index (χ2v) is 8.37. The van der Waals surface area contributed by atoms with Crippen LogP contribution in [0.5, 0.6) is 0 Å². The Hall–Kier alpha value is -1.91. The molecule has 1 aromatic carbocycles. The van der Waals surface area contributed by atoms with Crippen LogP contribution >= 0.6 is 0 Å². The van der Waals surface area contributed by atoms with Crippen molar-refractivity contribution >= 4 is 15.9 Å². The van der Waals surface area contributed by atoms with Crippen LogP contribution in [0.4, 0.5) is 0 Å². The summed E-state index contributed by atoms with van der Waals surface area (Å²) < 4.78 is 27.2. The molecular weight excluding hydrogens is 326 g/mol. The van der Waals surface area contributed by atoms with Gasteiger partial charge in [0.1, 0.15) is 0 Å². The number of nitrogens with zero attached hydrogens (tertiary/aromatic N) is 3. The summed E-state index contributed by atoms with van der Waals surface area (Å²) in [5, 5.41) is 8.95. The van der Waals surface area contributed by atoms with E-state index in [0.29, 0.717) is 39.0 Å². The van der Waals surface area contributed by atoms with Gasteiger partial charge in [-0.1, -0.05) is 6.07 Å². The normalized spacial score (nSPS) is 19.6. The Kier molecular flexibility index (Phi) is 4.61. The average Bonchev–Trinajstić information content (AvgIpc) is 2.60. The zero-order chi connectivity index (χ0) is 17.3. The van der Waals surface area contributed by atoms with Gasteiger partial charge in [0.25, 0.3) is 0 Å². The molecule has 1 amide bonds. The molecule has 128 valence electrons. The van der Waals surface area contributed by atoms with Crippen LogP contribution in [-0.4, -0.2) is 43.2 Å². The molecule has 0 radical (unpaired) electrons. The third-order valence-electron chi connectivity index (χ3n) is 4.91. The van der Waals surface area contributed by atoms with Crippen molar-refractivity contribution in [3.63, 3.8) is 0 Å². The zero-order valence-corrected chi connectivity index (χ0v) is 14.6. The Bertz CT molecular complexity index is 790. The third-order valence-corrected chi connectivity index (χ3v) is 6.80. The van der Waals surface area contributed by atoms with Crippen LogP contribution in [0, 0.1) is 17.2 Å². The SMILES string of the molecule is CC(=O)N1CCc2ccc(S(=O)(=O)N3CCC(C#N)CC3)cc2C1. The van der Waals surface area contributed by atoms with Crippen LogP contribution in [0.15, 0.2) is 23.1 Å². The highest BCUT2D eigenvalue weighted by Crippen LogP contribution is 2.27. The van der Waals surface area contributed by atoms with Crippen molar-refractivity contribution < 1.29 is 13.2 Å². The summed E-state index contributed by atoms with van der Waals surface area (Å²) in [6, 6.07) is 7.44. The van der Waals surface area contributed by atoms with E-state index in [1.54, 1.807) is 17.0 Å².